The monoisotopic (exact) mass is 393 g/mol. The Bertz CT molecular complexity index is 927. The van der Waals surface area contributed by atoms with E-state index in [1.54, 1.807) is 24.3 Å². The normalized spacial score (nSPS) is 15.5. The van der Waals surface area contributed by atoms with Gasteiger partial charge in [0.2, 0.25) is 15.9 Å². The number of nitrogens with one attached hydrogen (secondary N) is 2. The molecule has 0 aromatic heterocycles. The molecule has 2 aromatic carbocycles. The van der Waals surface area contributed by atoms with Gasteiger partial charge < -0.3 is 11.1 Å². The second kappa shape index (κ2) is 7.36. The molecule has 0 atom stereocenters. The minimum Gasteiger partial charge on any atom is -0.329 e. The van der Waals surface area contributed by atoms with Crippen LogP contribution in [0, 0.1) is 0 Å². The molecule has 0 spiro atoms. The second-order valence-electron chi connectivity index (χ2n) is 6.26. The third-order valence-corrected chi connectivity index (χ3v) is 6.09. The lowest BCUT2D eigenvalue weighted by Gasteiger charge is -2.16. The average molecular weight is 394 g/mol. The lowest BCUT2D eigenvalue weighted by atomic mass is 9.95. The zero-order valence-corrected chi connectivity index (χ0v) is 15.6. The first-order valence-electron chi connectivity index (χ1n) is 8.25. The van der Waals surface area contributed by atoms with Crippen molar-refractivity contribution in [2.45, 2.75) is 23.2 Å². The molecule has 3 rings (SSSR count). The molecule has 0 saturated heterocycles. The molecule has 0 heterocycles. The summed E-state index contributed by atoms with van der Waals surface area (Å²) in [5.41, 5.74) is 6.04. The van der Waals surface area contributed by atoms with Crippen LogP contribution in [0.5, 0.6) is 0 Å². The number of anilines is 1. The summed E-state index contributed by atoms with van der Waals surface area (Å²) in [6.07, 6.45) is 1.46. The molecule has 1 fully saturated rings. The van der Waals surface area contributed by atoms with Crippen LogP contribution in [-0.2, 0) is 20.2 Å². The highest BCUT2D eigenvalue weighted by Crippen LogP contribution is 2.49. The summed E-state index contributed by atoms with van der Waals surface area (Å²) >= 11 is 6.04. The fraction of sp³-hybridized carbons (Fsp3) is 0.278. The van der Waals surface area contributed by atoms with Gasteiger partial charge in [0.05, 0.1) is 10.3 Å². The summed E-state index contributed by atoms with van der Waals surface area (Å²) in [7, 11) is -3.66. The van der Waals surface area contributed by atoms with Gasteiger partial charge in [0.25, 0.3) is 0 Å². The highest BCUT2D eigenvalue weighted by atomic mass is 35.5. The molecule has 1 aliphatic rings. The first-order valence-corrected chi connectivity index (χ1v) is 10.1. The number of carbonyl (C=O) groups is 1. The molecule has 8 heteroatoms. The molecule has 0 bridgehead atoms. The second-order valence-corrected chi connectivity index (χ2v) is 8.46. The minimum absolute atomic E-state index is 0.0800. The Morgan fingerprint density at radius 3 is 2.54 bits per heavy atom. The van der Waals surface area contributed by atoms with Crippen LogP contribution >= 0.6 is 11.6 Å². The first kappa shape index (κ1) is 18.8. The van der Waals surface area contributed by atoms with E-state index in [1.165, 1.54) is 12.1 Å². The predicted molar refractivity (Wildman–Crippen MR) is 102 cm³/mol. The molecule has 6 nitrogen and oxygen atoms in total. The maximum absolute atomic E-state index is 12.8. The fourth-order valence-corrected chi connectivity index (χ4v) is 4.11. The van der Waals surface area contributed by atoms with E-state index in [9.17, 15) is 13.2 Å². The Morgan fingerprint density at radius 1 is 1.15 bits per heavy atom. The van der Waals surface area contributed by atoms with E-state index in [2.05, 4.69) is 10.0 Å². The summed E-state index contributed by atoms with van der Waals surface area (Å²) in [4.78, 5) is 12.9. The van der Waals surface area contributed by atoms with Crippen molar-refractivity contribution in [3.63, 3.8) is 0 Å². The quantitative estimate of drug-likeness (QED) is 0.671. The molecule has 1 aliphatic carbocycles. The summed E-state index contributed by atoms with van der Waals surface area (Å²) in [6.45, 7) is 0.356. The molecule has 2 aromatic rings. The number of halogens is 1. The number of sulfonamides is 1. The zero-order valence-electron chi connectivity index (χ0n) is 14.0. The topological polar surface area (TPSA) is 101 Å². The van der Waals surface area contributed by atoms with E-state index in [1.807, 2.05) is 12.1 Å². The van der Waals surface area contributed by atoms with E-state index >= 15 is 0 Å². The van der Waals surface area contributed by atoms with Crippen molar-refractivity contribution in [1.29, 1.82) is 0 Å². The lowest BCUT2D eigenvalue weighted by Crippen LogP contribution is -2.30. The van der Waals surface area contributed by atoms with Crippen LogP contribution < -0.4 is 15.8 Å². The number of hydrogen-bond acceptors (Lipinski definition) is 4. The average Bonchev–Trinajstić information content (AvgIpc) is 3.42. The Hall–Kier alpha value is -1.93. The van der Waals surface area contributed by atoms with Crippen molar-refractivity contribution in [2.75, 3.05) is 18.4 Å². The summed E-state index contributed by atoms with van der Waals surface area (Å²) < 4.78 is 26.8. The molecule has 1 saturated carbocycles. The van der Waals surface area contributed by atoms with Crippen molar-refractivity contribution in [1.82, 2.24) is 4.72 Å². The highest BCUT2D eigenvalue weighted by molar-refractivity contribution is 7.89. The van der Waals surface area contributed by atoms with Crippen LogP contribution in [0.15, 0.2) is 53.4 Å². The first-order chi connectivity index (χ1) is 12.4. The molecule has 0 radical (unpaired) electrons. The Kier molecular flexibility index (Phi) is 5.34. The number of hydrogen-bond donors (Lipinski definition) is 3. The van der Waals surface area contributed by atoms with E-state index in [0.29, 0.717) is 10.7 Å². The zero-order chi connectivity index (χ0) is 18.8. The highest BCUT2D eigenvalue weighted by Gasteiger charge is 2.51. The fourth-order valence-electron chi connectivity index (χ4n) is 2.83. The number of rotatable bonds is 7. The molecular formula is C18H20ClN3O3S. The van der Waals surface area contributed by atoms with Gasteiger partial charge in [-0.3, -0.25) is 4.79 Å². The van der Waals surface area contributed by atoms with Gasteiger partial charge >= 0.3 is 0 Å². The van der Waals surface area contributed by atoms with Gasteiger partial charge in [-0.15, -0.1) is 0 Å². The van der Waals surface area contributed by atoms with Gasteiger partial charge in [-0.25, -0.2) is 13.1 Å². The van der Waals surface area contributed by atoms with Crippen LogP contribution in [0.4, 0.5) is 5.69 Å². The Morgan fingerprint density at radius 2 is 1.88 bits per heavy atom. The lowest BCUT2D eigenvalue weighted by molar-refractivity contribution is -0.118. The standard InChI is InChI=1S/C18H20ClN3O3S/c19-14-4-1-3-13(11-14)18(7-8-18)17(23)22-15-5-2-6-16(12-15)26(24,25)21-10-9-20/h1-6,11-12,21H,7-10,20H2,(H,22,23). The Balaban J connectivity index is 1.79. The van der Waals surface area contributed by atoms with Crippen LogP contribution in [-0.4, -0.2) is 27.4 Å². The van der Waals surface area contributed by atoms with E-state index in [0.717, 1.165) is 18.4 Å². The van der Waals surface area contributed by atoms with Crippen molar-refractivity contribution in [3.05, 3.63) is 59.1 Å². The van der Waals surface area contributed by atoms with Crippen molar-refractivity contribution in [3.8, 4) is 0 Å². The summed E-state index contributed by atoms with van der Waals surface area (Å²) in [5, 5.41) is 3.42. The predicted octanol–water partition coefficient (Wildman–Crippen LogP) is 2.25. The van der Waals surface area contributed by atoms with Crippen LogP contribution in [0.25, 0.3) is 0 Å². The number of benzene rings is 2. The van der Waals surface area contributed by atoms with E-state index < -0.39 is 15.4 Å². The smallest absolute Gasteiger partial charge is 0.240 e. The maximum atomic E-state index is 12.8. The molecule has 0 unspecified atom stereocenters. The number of amides is 1. The Labute approximate surface area is 157 Å². The molecule has 1 amide bonds. The van der Waals surface area contributed by atoms with Crippen molar-refractivity contribution < 1.29 is 13.2 Å². The number of nitrogens with two attached hydrogens (primary N) is 1. The van der Waals surface area contributed by atoms with Gasteiger partial charge in [0.1, 0.15) is 0 Å². The van der Waals surface area contributed by atoms with Gasteiger partial charge in [-0.1, -0.05) is 29.8 Å². The van der Waals surface area contributed by atoms with E-state index in [-0.39, 0.29) is 23.9 Å². The number of carbonyl (C=O) groups excluding carboxylic acids is 1. The van der Waals surface area contributed by atoms with Crippen LogP contribution in [0.3, 0.4) is 0 Å². The van der Waals surface area contributed by atoms with Crippen molar-refractivity contribution >= 4 is 33.2 Å². The summed E-state index contributed by atoms with van der Waals surface area (Å²) in [5.74, 6) is -0.163. The largest absolute Gasteiger partial charge is 0.329 e. The molecule has 26 heavy (non-hydrogen) atoms. The van der Waals surface area contributed by atoms with Gasteiger partial charge in [0, 0.05) is 23.8 Å². The SMILES string of the molecule is NCCNS(=O)(=O)c1cccc(NC(=O)C2(c3cccc(Cl)c3)CC2)c1. The molecule has 4 N–H and O–H groups in total. The van der Waals surface area contributed by atoms with Gasteiger partial charge in [-0.2, -0.15) is 0 Å². The van der Waals surface area contributed by atoms with E-state index in [4.69, 9.17) is 17.3 Å². The summed E-state index contributed by atoms with van der Waals surface area (Å²) in [6, 6.07) is 13.4. The van der Waals surface area contributed by atoms with Crippen LogP contribution in [0.2, 0.25) is 5.02 Å². The molecular weight excluding hydrogens is 374 g/mol. The van der Waals surface area contributed by atoms with Crippen LogP contribution in [0.1, 0.15) is 18.4 Å². The third kappa shape index (κ3) is 3.91. The molecule has 138 valence electrons. The maximum Gasteiger partial charge on any atom is 0.240 e. The van der Waals surface area contributed by atoms with Crippen molar-refractivity contribution in [2.24, 2.45) is 5.73 Å². The third-order valence-electron chi connectivity index (χ3n) is 4.40. The van der Waals surface area contributed by atoms with Gasteiger partial charge in [0.15, 0.2) is 0 Å². The van der Waals surface area contributed by atoms with Gasteiger partial charge in [-0.05, 0) is 48.7 Å². The minimum atomic E-state index is -3.66. The molecule has 0 aliphatic heterocycles.